The molecule has 1 heterocycles. The van der Waals surface area contributed by atoms with E-state index < -0.39 is 0 Å². The minimum absolute atomic E-state index is 0.0331. The fourth-order valence-corrected chi connectivity index (χ4v) is 3.95. The van der Waals surface area contributed by atoms with Crippen LogP contribution in [-0.4, -0.2) is 16.9 Å². The Hall–Kier alpha value is -3.18. The van der Waals surface area contributed by atoms with Gasteiger partial charge in [-0.25, -0.2) is 4.98 Å². The molecule has 3 aromatic carbocycles. The maximum atomic E-state index is 12.4. The summed E-state index contributed by atoms with van der Waals surface area (Å²) in [7, 11) is 0. The molecule has 4 aromatic rings. The van der Waals surface area contributed by atoms with E-state index in [1.165, 1.54) is 4.70 Å². The number of rotatable bonds is 6. The first kappa shape index (κ1) is 18.2. The number of anilines is 1. The molecule has 0 unspecified atom stereocenters. The molecule has 0 saturated heterocycles. The molecule has 0 radical (unpaired) electrons. The van der Waals surface area contributed by atoms with Gasteiger partial charge in [-0.05, 0) is 36.8 Å². The second-order valence-electron chi connectivity index (χ2n) is 6.64. The third kappa shape index (κ3) is 4.21. The highest BCUT2D eigenvalue weighted by molar-refractivity contribution is 7.21. The van der Waals surface area contributed by atoms with E-state index in [4.69, 9.17) is 4.98 Å². The number of thiazole rings is 1. The van der Waals surface area contributed by atoms with E-state index >= 15 is 0 Å². The molecular formula is C23H21N3OS. The number of carbonyl (C=O) groups is 1. The Morgan fingerprint density at radius 1 is 1.00 bits per heavy atom. The monoisotopic (exact) mass is 387 g/mol. The van der Waals surface area contributed by atoms with Crippen LogP contribution in [0, 0.1) is 0 Å². The van der Waals surface area contributed by atoms with E-state index in [0.717, 1.165) is 27.3 Å². The highest BCUT2D eigenvalue weighted by Gasteiger charge is 2.13. The number of hydrogen-bond acceptors (Lipinski definition) is 4. The van der Waals surface area contributed by atoms with Crippen LogP contribution in [0.25, 0.3) is 20.8 Å². The van der Waals surface area contributed by atoms with Gasteiger partial charge in [-0.2, -0.15) is 0 Å². The Morgan fingerprint density at radius 3 is 2.61 bits per heavy atom. The zero-order valence-corrected chi connectivity index (χ0v) is 16.4. The predicted octanol–water partition coefficient (Wildman–Crippen LogP) is 5.08. The van der Waals surface area contributed by atoms with Gasteiger partial charge < -0.3 is 10.6 Å². The smallest absolute Gasteiger partial charge is 0.242 e. The first-order chi connectivity index (χ1) is 13.7. The van der Waals surface area contributed by atoms with Gasteiger partial charge in [-0.3, -0.25) is 4.79 Å². The van der Waals surface area contributed by atoms with Crippen molar-refractivity contribution in [2.75, 3.05) is 5.32 Å². The highest BCUT2D eigenvalue weighted by atomic mass is 32.1. The molecule has 0 bridgehead atoms. The zero-order valence-electron chi connectivity index (χ0n) is 15.6. The van der Waals surface area contributed by atoms with Crippen molar-refractivity contribution in [3.63, 3.8) is 0 Å². The minimum atomic E-state index is -0.339. The lowest BCUT2D eigenvalue weighted by Crippen LogP contribution is -2.37. The molecule has 5 heteroatoms. The van der Waals surface area contributed by atoms with Crippen LogP contribution in [0.15, 0.2) is 78.9 Å². The third-order valence-electron chi connectivity index (χ3n) is 4.49. The van der Waals surface area contributed by atoms with E-state index in [9.17, 15) is 4.79 Å². The van der Waals surface area contributed by atoms with Gasteiger partial charge in [-0.1, -0.05) is 54.6 Å². The van der Waals surface area contributed by atoms with Crippen LogP contribution < -0.4 is 10.6 Å². The summed E-state index contributed by atoms with van der Waals surface area (Å²) in [5, 5.41) is 7.24. The maximum absolute atomic E-state index is 12.4. The number of amides is 1. The van der Waals surface area contributed by atoms with Gasteiger partial charge in [0.1, 0.15) is 11.0 Å². The summed E-state index contributed by atoms with van der Waals surface area (Å²) >= 11 is 1.67. The number of aromatic nitrogens is 1. The molecule has 0 aliphatic heterocycles. The topological polar surface area (TPSA) is 54.0 Å². The second kappa shape index (κ2) is 8.23. The lowest BCUT2D eigenvalue weighted by atomic mass is 10.2. The summed E-state index contributed by atoms with van der Waals surface area (Å²) in [5.74, 6) is -0.0331. The highest BCUT2D eigenvalue weighted by Crippen LogP contribution is 2.31. The van der Waals surface area contributed by atoms with E-state index in [2.05, 4.69) is 16.7 Å². The molecule has 4 rings (SSSR count). The lowest BCUT2D eigenvalue weighted by Gasteiger charge is -2.16. The van der Waals surface area contributed by atoms with Crippen molar-refractivity contribution in [2.24, 2.45) is 0 Å². The van der Waals surface area contributed by atoms with Crippen molar-refractivity contribution in [1.82, 2.24) is 10.3 Å². The standard InChI is InChI=1S/C23H21N3OS/c1-16(22(27)24-15-17-8-3-2-4-9-17)25-19-11-7-10-18(14-19)23-26-20-12-5-6-13-21(20)28-23/h2-14,16,25H,15H2,1H3,(H,24,27)/t16-/m0/s1. The normalized spacial score (nSPS) is 11.9. The van der Waals surface area contributed by atoms with Crippen molar-refractivity contribution in [1.29, 1.82) is 0 Å². The van der Waals surface area contributed by atoms with Gasteiger partial charge in [0.25, 0.3) is 0 Å². The average Bonchev–Trinajstić information content (AvgIpc) is 3.17. The Kier molecular flexibility index (Phi) is 5.35. The number of nitrogens with zero attached hydrogens (tertiary/aromatic N) is 1. The summed E-state index contributed by atoms with van der Waals surface area (Å²) < 4.78 is 1.17. The van der Waals surface area contributed by atoms with Gasteiger partial charge in [-0.15, -0.1) is 11.3 Å². The predicted molar refractivity (Wildman–Crippen MR) is 116 cm³/mol. The van der Waals surface area contributed by atoms with Crippen LogP contribution in [0.2, 0.25) is 0 Å². The third-order valence-corrected chi connectivity index (χ3v) is 5.57. The quantitative estimate of drug-likeness (QED) is 0.485. The van der Waals surface area contributed by atoms with Crippen LogP contribution in [-0.2, 0) is 11.3 Å². The minimum Gasteiger partial charge on any atom is -0.374 e. The second-order valence-corrected chi connectivity index (χ2v) is 7.67. The zero-order chi connectivity index (χ0) is 19.3. The Morgan fingerprint density at radius 2 is 1.79 bits per heavy atom. The average molecular weight is 388 g/mol. The van der Waals surface area contributed by atoms with Crippen LogP contribution >= 0.6 is 11.3 Å². The molecule has 1 atom stereocenters. The fraction of sp³-hybridized carbons (Fsp3) is 0.130. The molecule has 0 spiro atoms. The molecular weight excluding hydrogens is 366 g/mol. The maximum Gasteiger partial charge on any atom is 0.242 e. The van der Waals surface area contributed by atoms with Crippen LogP contribution in [0.1, 0.15) is 12.5 Å². The fourth-order valence-electron chi connectivity index (χ4n) is 2.99. The molecule has 0 saturated carbocycles. The van der Waals surface area contributed by atoms with Gasteiger partial charge in [0, 0.05) is 17.8 Å². The molecule has 1 amide bonds. The molecule has 0 fully saturated rings. The Bertz CT molecular complexity index is 1060. The van der Waals surface area contributed by atoms with Gasteiger partial charge in [0.2, 0.25) is 5.91 Å². The van der Waals surface area contributed by atoms with E-state index in [0.29, 0.717) is 6.54 Å². The van der Waals surface area contributed by atoms with Gasteiger partial charge in [0.05, 0.1) is 10.2 Å². The summed E-state index contributed by atoms with van der Waals surface area (Å²) in [6, 6.07) is 25.7. The number of nitrogens with one attached hydrogen (secondary N) is 2. The van der Waals surface area contributed by atoms with Crippen molar-refractivity contribution in [2.45, 2.75) is 19.5 Å². The number of para-hydroxylation sites is 1. The number of carbonyl (C=O) groups excluding carboxylic acids is 1. The van der Waals surface area contributed by atoms with Crippen molar-refractivity contribution in [3.05, 3.63) is 84.4 Å². The first-order valence-corrected chi connectivity index (χ1v) is 10.0. The largest absolute Gasteiger partial charge is 0.374 e. The SMILES string of the molecule is C[C@H](Nc1cccc(-c2nc3ccccc3s2)c1)C(=O)NCc1ccccc1. The van der Waals surface area contributed by atoms with E-state index in [-0.39, 0.29) is 11.9 Å². The van der Waals surface area contributed by atoms with Crippen LogP contribution in [0.5, 0.6) is 0 Å². The molecule has 28 heavy (non-hydrogen) atoms. The summed E-state index contributed by atoms with van der Waals surface area (Å²) in [5.41, 5.74) is 4.04. The molecule has 2 N–H and O–H groups in total. The van der Waals surface area contributed by atoms with Crippen molar-refractivity contribution in [3.8, 4) is 10.6 Å². The van der Waals surface area contributed by atoms with Crippen molar-refractivity contribution < 1.29 is 4.79 Å². The molecule has 0 aliphatic carbocycles. The molecule has 140 valence electrons. The van der Waals surface area contributed by atoms with E-state index in [1.807, 2.05) is 79.7 Å². The number of hydrogen-bond donors (Lipinski definition) is 2. The van der Waals surface area contributed by atoms with Crippen LogP contribution in [0.3, 0.4) is 0 Å². The summed E-state index contributed by atoms with van der Waals surface area (Å²) in [6.07, 6.45) is 0. The van der Waals surface area contributed by atoms with E-state index in [1.54, 1.807) is 11.3 Å². The molecule has 1 aromatic heterocycles. The Balaban J connectivity index is 1.43. The molecule has 0 aliphatic rings. The summed E-state index contributed by atoms with van der Waals surface area (Å²) in [4.78, 5) is 17.1. The van der Waals surface area contributed by atoms with Crippen molar-refractivity contribution >= 4 is 33.1 Å². The number of fused-ring (bicyclic) bond motifs is 1. The van der Waals surface area contributed by atoms with Gasteiger partial charge in [0.15, 0.2) is 0 Å². The first-order valence-electron chi connectivity index (χ1n) is 9.23. The lowest BCUT2D eigenvalue weighted by molar-refractivity contribution is -0.121. The Labute approximate surface area is 168 Å². The number of benzene rings is 3. The molecule has 4 nitrogen and oxygen atoms in total. The van der Waals surface area contributed by atoms with Crippen LogP contribution in [0.4, 0.5) is 5.69 Å². The summed E-state index contributed by atoms with van der Waals surface area (Å²) in [6.45, 7) is 2.39. The van der Waals surface area contributed by atoms with Gasteiger partial charge >= 0.3 is 0 Å².